The second kappa shape index (κ2) is 9.43. The number of allylic oxidation sites excluding steroid dienone is 1. The fourth-order valence-corrected chi connectivity index (χ4v) is 2.55. The number of hydrogen-bond donors (Lipinski definition) is 0. The average molecular weight is 214 g/mol. The van der Waals surface area contributed by atoms with Gasteiger partial charge in [-0.3, -0.25) is 0 Å². The second-order valence-electron chi connectivity index (χ2n) is 3.90. The summed E-state index contributed by atoms with van der Waals surface area (Å²) in [5, 5.41) is 0. The summed E-state index contributed by atoms with van der Waals surface area (Å²) in [6.45, 7) is 8.12. The normalized spacial score (nSPS) is 13.0. The van der Waals surface area contributed by atoms with Crippen LogP contribution in [0.5, 0.6) is 0 Å². The van der Waals surface area contributed by atoms with E-state index in [9.17, 15) is 0 Å². The summed E-state index contributed by atoms with van der Waals surface area (Å²) in [5.41, 5.74) is 2.43. The van der Waals surface area contributed by atoms with Crippen molar-refractivity contribution in [1.82, 2.24) is 9.47 Å². The van der Waals surface area contributed by atoms with Crippen LogP contribution < -0.4 is 0 Å². The van der Waals surface area contributed by atoms with Crippen LogP contribution in [0, 0.1) is 0 Å². The third kappa shape index (κ3) is 8.47. The van der Waals surface area contributed by atoms with Gasteiger partial charge in [0.05, 0.1) is 0 Å². The number of hydrogen-bond acceptors (Lipinski definition) is 2. The summed E-state index contributed by atoms with van der Waals surface area (Å²) in [4.78, 5) is 2.25. The van der Waals surface area contributed by atoms with Gasteiger partial charge in [0.15, 0.2) is 0 Å². The summed E-state index contributed by atoms with van der Waals surface area (Å²) < 4.78 is 2.56. The SMILES string of the molecule is CCN(CC)[SiH2]C=CCCCN(C)C. The van der Waals surface area contributed by atoms with Crippen molar-refractivity contribution in [1.29, 1.82) is 0 Å². The molecule has 0 atom stereocenters. The van der Waals surface area contributed by atoms with E-state index in [0.717, 1.165) is 0 Å². The monoisotopic (exact) mass is 214 g/mol. The molecule has 2 nitrogen and oxygen atoms in total. The maximum Gasteiger partial charge on any atom is 0.119 e. The van der Waals surface area contributed by atoms with Crippen molar-refractivity contribution in [2.24, 2.45) is 0 Å². The number of unbranched alkanes of at least 4 members (excludes halogenated alkanes) is 1. The fraction of sp³-hybridized carbons (Fsp3) is 0.818. The lowest BCUT2D eigenvalue weighted by molar-refractivity contribution is 0.402. The molecule has 0 amide bonds. The van der Waals surface area contributed by atoms with Crippen molar-refractivity contribution < 1.29 is 0 Å². The predicted octanol–water partition coefficient (Wildman–Crippen LogP) is 1.27. The summed E-state index contributed by atoms with van der Waals surface area (Å²) in [6, 6.07) is 0. The van der Waals surface area contributed by atoms with E-state index in [1.54, 1.807) is 0 Å². The van der Waals surface area contributed by atoms with Crippen molar-refractivity contribution in [2.45, 2.75) is 26.7 Å². The number of rotatable bonds is 8. The first-order valence-electron chi connectivity index (χ1n) is 5.72. The van der Waals surface area contributed by atoms with Crippen LogP contribution in [0.25, 0.3) is 0 Å². The minimum atomic E-state index is -0.0829. The van der Waals surface area contributed by atoms with Gasteiger partial charge in [0.1, 0.15) is 9.68 Å². The molecule has 3 heteroatoms. The molecule has 0 fully saturated rings. The van der Waals surface area contributed by atoms with Gasteiger partial charge < -0.3 is 9.47 Å². The lowest BCUT2D eigenvalue weighted by Gasteiger charge is -2.14. The first kappa shape index (κ1) is 13.9. The van der Waals surface area contributed by atoms with Gasteiger partial charge in [-0.25, -0.2) is 0 Å². The van der Waals surface area contributed by atoms with Gasteiger partial charge in [0.25, 0.3) is 0 Å². The molecule has 0 N–H and O–H groups in total. The van der Waals surface area contributed by atoms with Gasteiger partial charge in [0, 0.05) is 0 Å². The third-order valence-corrected chi connectivity index (χ3v) is 4.36. The van der Waals surface area contributed by atoms with Crippen molar-refractivity contribution in [3.8, 4) is 0 Å². The summed E-state index contributed by atoms with van der Waals surface area (Å²) >= 11 is 0. The molecule has 0 bridgehead atoms. The average Bonchev–Trinajstić information content (AvgIpc) is 2.16. The molecule has 0 aliphatic carbocycles. The Kier molecular flexibility index (Phi) is 9.35. The Morgan fingerprint density at radius 1 is 1.14 bits per heavy atom. The molecule has 0 aliphatic heterocycles. The van der Waals surface area contributed by atoms with E-state index in [2.05, 4.69) is 49.2 Å². The van der Waals surface area contributed by atoms with Gasteiger partial charge in [0.2, 0.25) is 0 Å². The molecule has 0 saturated carbocycles. The molecule has 14 heavy (non-hydrogen) atoms. The molecular weight excluding hydrogens is 188 g/mol. The lowest BCUT2D eigenvalue weighted by Crippen LogP contribution is -2.25. The largest absolute Gasteiger partial charge is 0.326 e. The van der Waals surface area contributed by atoms with Crippen molar-refractivity contribution in [3.05, 3.63) is 11.8 Å². The zero-order valence-electron chi connectivity index (χ0n) is 10.3. The van der Waals surface area contributed by atoms with Crippen molar-refractivity contribution in [2.75, 3.05) is 33.7 Å². The van der Waals surface area contributed by atoms with E-state index in [1.165, 1.54) is 32.5 Å². The van der Waals surface area contributed by atoms with Crippen LogP contribution in [0.15, 0.2) is 11.8 Å². The highest BCUT2D eigenvalue weighted by Crippen LogP contribution is 1.93. The fourth-order valence-electron chi connectivity index (χ4n) is 1.35. The summed E-state index contributed by atoms with van der Waals surface area (Å²) in [6.07, 6.45) is 4.90. The Labute approximate surface area is 91.9 Å². The molecule has 0 radical (unpaired) electrons. The highest BCUT2D eigenvalue weighted by molar-refractivity contribution is 6.38. The van der Waals surface area contributed by atoms with Crippen LogP contribution in [0.3, 0.4) is 0 Å². The van der Waals surface area contributed by atoms with Crippen LogP contribution in [-0.4, -0.2) is 52.9 Å². The molecule has 84 valence electrons. The van der Waals surface area contributed by atoms with Crippen LogP contribution in [0.2, 0.25) is 0 Å². The Balaban J connectivity index is 3.34. The minimum Gasteiger partial charge on any atom is -0.326 e. The maximum absolute atomic E-state index is 2.56. The highest BCUT2D eigenvalue weighted by Gasteiger charge is 1.94. The summed E-state index contributed by atoms with van der Waals surface area (Å²) in [7, 11) is 4.18. The standard InChI is InChI=1S/C11H26N2Si/c1-5-13(6-2)14-11-9-7-8-10-12(3)4/h9,11H,5-8,10,14H2,1-4H3. The number of nitrogens with zero attached hydrogens (tertiary/aromatic N) is 2. The van der Waals surface area contributed by atoms with E-state index in [0.29, 0.717) is 0 Å². The topological polar surface area (TPSA) is 6.48 Å². The third-order valence-electron chi connectivity index (χ3n) is 2.40. The Morgan fingerprint density at radius 2 is 1.79 bits per heavy atom. The lowest BCUT2D eigenvalue weighted by atomic mass is 10.3. The van der Waals surface area contributed by atoms with Crippen LogP contribution in [-0.2, 0) is 0 Å². The van der Waals surface area contributed by atoms with Gasteiger partial charge in [-0.05, 0) is 46.6 Å². The van der Waals surface area contributed by atoms with E-state index in [-0.39, 0.29) is 9.68 Å². The minimum absolute atomic E-state index is 0.0829. The Morgan fingerprint density at radius 3 is 2.29 bits per heavy atom. The van der Waals surface area contributed by atoms with Crippen LogP contribution in [0.4, 0.5) is 0 Å². The summed E-state index contributed by atoms with van der Waals surface area (Å²) in [5.74, 6) is 0. The van der Waals surface area contributed by atoms with Crippen LogP contribution >= 0.6 is 0 Å². The molecule has 0 aromatic rings. The van der Waals surface area contributed by atoms with Gasteiger partial charge in [-0.1, -0.05) is 25.6 Å². The molecule has 0 unspecified atom stereocenters. The molecule has 0 saturated heterocycles. The molecular formula is C11H26N2Si. The highest BCUT2D eigenvalue weighted by atomic mass is 28.2. The van der Waals surface area contributed by atoms with E-state index in [1.807, 2.05) is 0 Å². The van der Waals surface area contributed by atoms with Crippen molar-refractivity contribution >= 4 is 9.68 Å². The van der Waals surface area contributed by atoms with Crippen LogP contribution in [0.1, 0.15) is 26.7 Å². The first-order chi connectivity index (χ1) is 6.70. The quantitative estimate of drug-likeness (QED) is 0.443. The smallest absolute Gasteiger partial charge is 0.119 e. The second-order valence-corrected chi connectivity index (χ2v) is 5.63. The van der Waals surface area contributed by atoms with Gasteiger partial charge in [-0.15, -0.1) is 0 Å². The molecule has 0 rings (SSSR count). The Bertz CT molecular complexity index is 142. The van der Waals surface area contributed by atoms with Crippen molar-refractivity contribution in [3.63, 3.8) is 0 Å². The van der Waals surface area contributed by atoms with E-state index >= 15 is 0 Å². The molecule has 0 spiro atoms. The molecule has 0 heterocycles. The first-order valence-corrected chi connectivity index (χ1v) is 7.17. The zero-order valence-corrected chi connectivity index (χ0v) is 11.7. The van der Waals surface area contributed by atoms with Gasteiger partial charge >= 0.3 is 0 Å². The van der Waals surface area contributed by atoms with E-state index in [4.69, 9.17) is 0 Å². The molecule has 0 aromatic carbocycles. The van der Waals surface area contributed by atoms with E-state index < -0.39 is 0 Å². The predicted molar refractivity (Wildman–Crippen MR) is 68.4 cm³/mol. The molecule has 0 aliphatic rings. The Hall–Kier alpha value is -0.123. The molecule has 0 aromatic heterocycles. The van der Waals surface area contributed by atoms with Gasteiger partial charge in [-0.2, -0.15) is 0 Å². The maximum atomic E-state index is 2.56. The zero-order chi connectivity index (χ0) is 10.8.